The summed E-state index contributed by atoms with van der Waals surface area (Å²) in [6.45, 7) is 5.24. The maximum Gasteiger partial charge on any atom is 0.262 e. The van der Waals surface area contributed by atoms with Crippen molar-refractivity contribution in [1.29, 1.82) is 0 Å². The number of carbonyl (C=O) groups excluding carboxylic acids is 4. The van der Waals surface area contributed by atoms with Crippen LogP contribution in [0.3, 0.4) is 0 Å². The molecular formula is C20H16BrN2O5-. The second-order valence-electron chi connectivity index (χ2n) is 7.31. The summed E-state index contributed by atoms with van der Waals surface area (Å²) in [5, 5.41) is 13.8. The Morgan fingerprint density at radius 1 is 1.00 bits per heavy atom. The van der Waals surface area contributed by atoms with E-state index >= 15 is 0 Å². The van der Waals surface area contributed by atoms with Crippen LogP contribution in [0, 0.1) is 0 Å². The van der Waals surface area contributed by atoms with Gasteiger partial charge in [-0.3, -0.25) is 19.3 Å². The van der Waals surface area contributed by atoms with Crippen molar-refractivity contribution in [3.05, 3.63) is 63.1 Å². The smallest absolute Gasteiger partial charge is 0.262 e. The maximum absolute atomic E-state index is 12.7. The van der Waals surface area contributed by atoms with Crippen molar-refractivity contribution in [1.82, 2.24) is 4.90 Å². The summed E-state index contributed by atoms with van der Waals surface area (Å²) in [6, 6.07) is 8.51. The Morgan fingerprint density at radius 3 is 2.25 bits per heavy atom. The largest absolute Gasteiger partial charge is 0.545 e. The number of imide groups is 1. The van der Waals surface area contributed by atoms with Gasteiger partial charge in [0.1, 0.15) is 0 Å². The average molecular weight is 444 g/mol. The van der Waals surface area contributed by atoms with Crippen LogP contribution in [0.4, 0.5) is 5.69 Å². The summed E-state index contributed by atoms with van der Waals surface area (Å²) >= 11 is 3.17. The molecule has 0 aromatic heterocycles. The van der Waals surface area contributed by atoms with Crippen molar-refractivity contribution in [2.45, 2.75) is 26.3 Å². The van der Waals surface area contributed by atoms with Crippen molar-refractivity contribution < 1.29 is 24.3 Å². The highest BCUT2D eigenvalue weighted by molar-refractivity contribution is 9.10. The van der Waals surface area contributed by atoms with E-state index < -0.39 is 29.2 Å². The lowest BCUT2D eigenvalue weighted by Gasteiger charge is -2.29. The molecule has 1 aliphatic heterocycles. The van der Waals surface area contributed by atoms with Crippen LogP contribution in [0.1, 0.15) is 62.2 Å². The fraction of sp³-hybridized carbons (Fsp3) is 0.200. The van der Waals surface area contributed by atoms with E-state index in [4.69, 9.17) is 0 Å². The van der Waals surface area contributed by atoms with Gasteiger partial charge in [-0.2, -0.15) is 0 Å². The van der Waals surface area contributed by atoms with Crippen LogP contribution in [0.5, 0.6) is 0 Å². The quantitative estimate of drug-likeness (QED) is 0.733. The molecule has 0 aliphatic carbocycles. The number of halogens is 1. The molecule has 0 saturated heterocycles. The number of nitrogens with one attached hydrogen (secondary N) is 1. The number of rotatable bonds is 3. The summed E-state index contributed by atoms with van der Waals surface area (Å²) in [5.41, 5.74) is -0.320. The minimum Gasteiger partial charge on any atom is -0.545 e. The van der Waals surface area contributed by atoms with Gasteiger partial charge in [-0.1, -0.05) is 15.9 Å². The van der Waals surface area contributed by atoms with Gasteiger partial charge >= 0.3 is 0 Å². The van der Waals surface area contributed by atoms with Gasteiger partial charge in [0.25, 0.3) is 17.7 Å². The maximum atomic E-state index is 12.7. The number of anilines is 1. The SMILES string of the molecule is CC(C)(C)N1C(=O)c2ccc(C(=O)Nc3ccc(Br)cc3C(=O)[O-])cc2C1=O. The summed E-state index contributed by atoms with van der Waals surface area (Å²) < 4.78 is 0.522. The lowest BCUT2D eigenvalue weighted by Crippen LogP contribution is -2.45. The molecule has 8 heteroatoms. The van der Waals surface area contributed by atoms with Crippen LogP contribution < -0.4 is 10.4 Å². The minimum atomic E-state index is -1.44. The number of carbonyl (C=O) groups is 4. The van der Waals surface area contributed by atoms with Crippen molar-refractivity contribution in [3.63, 3.8) is 0 Å². The van der Waals surface area contributed by atoms with Crippen LogP contribution >= 0.6 is 15.9 Å². The first-order valence-electron chi connectivity index (χ1n) is 8.36. The predicted octanol–water partition coefficient (Wildman–Crippen LogP) is 2.46. The molecule has 1 N–H and O–H groups in total. The molecule has 28 heavy (non-hydrogen) atoms. The molecule has 0 spiro atoms. The van der Waals surface area contributed by atoms with Crippen molar-refractivity contribution in [3.8, 4) is 0 Å². The van der Waals surface area contributed by atoms with E-state index in [1.165, 1.54) is 30.3 Å². The van der Waals surface area contributed by atoms with Gasteiger partial charge < -0.3 is 15.2 Å². The number of amides is 3. The third-order valence-electron chi connectivity index (χ3n) is 4.27. The van der Waals surface area contributed by atoms with E-state index in [1.54, 1.807) is 26.8 Å². The Morgan fingerprint density at radius 2 is 1.64 bits per heavy atom. The molecule has 3 amide bonds. The lowest BCUT2D eigenvalue weighted by atomic mass is 10.0. The predicted molar refractivity (Wildman–Crippen MR) is 103 cm³/mol. The van der Waals surface area contributed by atoms with E-state index in [0.29, 0.717) is 4.47 Å². The number of benzene rings is 2. The number of carboxylic acids is 1. The Hall–Kier alpha value is -3.00. The first kappa shape index (κ1) is 19.8. The van der Waals surface area contributed by atoms with Gasteiger partial charge in [0.15, 0.2) is 0 Å². The summed E-state index contributed by atoms with van der Waals surface area (Å²) in [7, 11) is 0. The topological polar surface area (TPSA) is 107 Å². The Bertz CT molecular complexity index is 1040. The van der Waals surface area contributed by atoms with Crippen LogP contribution in [-0.2, 0) is 0 Å². The lowest BCUT2D eigenvalue weighted by molar-refractivity contribution is -0.254. The molecular weight excluding hydrogens is 428 g/mol. The van der Waals surface area contributed by atoms with Crippen LogP contribution in [0.15, 0.2) is 40.9 Å². The minimum absolute atomic E-state index is 0.0624. The van der Waals surface area contributed by atoms with Crippen LogP contribution in [0.2, 0.25) is 0 Å². The summed E-state index contributed by atoms with van der Waals surface area (Å²) in [6.07, 6.45) is 0. The average Bonchev–Trinajstić information content (AvgIpc) is 2.86. The molecule has 2 aromatic rings. The second-order valence-corrected chi connectivity index (χ2v) is 8.22. The van der Waals surface area contributed by atoms with E-state index in [0.717, 1.165) is 4.90 Å². The van der Waals surface area contributed by atoms with Gasteiger partial charge in [-0.15, -0.1) is 0 Å². The molecule has 7 nitrogen and oxygen atoms in total. The zero-order chi connectivity index (χ0) is 20.8. The van der Waals surface area contributed by atoms with Crippen molar-refractivity contribution in [2.75, 3.05) is 5.32 Å². The number of hydrogen-bond acceptors (Lipinski definition) is 5. The van der Waals surface area contributed by atoms with Gasteiger partial charge in [-0.05, 0) is 57.2 Å². The van der Waals surface area contributed by atoms with E-state index in [1.807, 2.05) is 0 Å². The van der Waals surface area contributed by atoms with E-state index in [9.17, 15) is 24.3 Å². The standard InChI is InChI=1S/C20H17BrN2O5/c1-20(2,3)23-17(25)12-6-4-10(8-13(12)18(23)26)16(24)22-15-7-5-11(21)9-14(15)19(27)28/h4-9H,1-3H3,(H,22,24)(H,27,28)/p-1. The van der Waals surface area contributed by atoms with Gasteiger partial charge in [0.2, 0.25) is 0 Å². The van der Waals surface area contributed by atoms with Crippen molar-refractivity contribution in [2.24, 2.45) is 0 Å². The first-order valence-corrected chi connectivity index (χ1v) is 9.15. The molecule has 1 aliphatic rings. The normalized spacial score (nSPS) is 13.5. The van der Waals surface area contributed by atoms with E-state index in [-0.39, 0.29) is 27.9 Å². The fourth-order valence-corrected chi connectivity index (χ4v) is 3.34. The molecule has 0 radical (unpaired) electrons. The second kappa shape index (κ2) is 6.87. The number of nitrogens with zero attached hydrogens (tertiary/aromatic N) is 1. The molecule has 3 rings (SSSR count). The monoisotopic (exact) mass is 443 g/mol. The molecule has 144 valence electrons. The highest BCUT2D eigenvalue weighted by Gasteiger charge is 2.42. The van der Waals surface area contributed by atoms with Gasteiger partial charge in [0, 0.05) is 21.1 Å². The highest BCUT2D eigenvalue weighted by Crippen LogP contribution is 2.30. The molecule has 0 saturated carbocycles. The zero-order valence-corrected chi connectivity index (χ0v) is 16.9. The Labute approximate surface area is 169 Å². The molecule has 1 heterocycles. The van der Waals surface area contributed by atoms with Crippen LogP contribution in [0.25, 0.3) is 0 Å². The van der Waals surface area contributed by atoms with Gasteiger partial charge in [-0.25, -0.2) is 0 Å². The Kier molecular flexibility index (Phi) is 4.84. The van der Waals surface area contributed by atoms with E-state index in [2.05, 4.69) is 21.2 Å². The van der Waals surface area contributed by atoms with Gasteiger partial charge in [0.05, 0.1) is 22.8 Å². The highest BCUT2D eigenvalue weighted by atomic mass is 79.9. The first-order chi connectivity index (χ1) is 13.0. The Balaban J connectivity index is 1.93. The third-order valence-corrected chi connectivity index (χ3v) is 4.76. The van der Waals surface area contributed by atoms with Crippen molar-refractivity contribution >= 4 is 45.3 Å². The molecule has 0 fully saturated rings. The molecule has 2 aromatic carbocycles. The zero-order valence-electron chi connectivity index (χ0n) is 15.3. The molecule has 0 unspecified atom stereocenters. The number of carboxylic acid groups (broad SMARTS) is 1. The summed E-state index contributed by atoms with van der Waals surface area (Å²) in [5.74, 6) is -2.93. The molecule has 0 atom stereocenters. The summed E-state index contributed by atoms with van der Waals surface area (Å²) in [4.78, 5) is 50.2. The fourth-order valence-electron chi connectivity index (χ4n) is 2.98. The third kappa shape index (κ3) is 3.43. The number of hydrogen-bond donors (Lipinski definition) is 1. The number of fused-ring (bicyclic) bond motifs is 1. The van der Waals surface area contributed by atoms with Crippen LogP contribution in [-0.4, -0.2) is 34.1 Å². The number of aromatic carboxylic acids is 1. The molecule has 0 bridgehead atoms.